The van der Waals surface area contributed by atoms with Crippen LogP contribution in [-0.4, -0.2) is 23.9 Å². The van der Waals surface area contributed by atoms with Crippen LogP contribution >= 0.6 is 15.9 Å². The van der Waals surface area contributed by atoms with Crippen molar-refractivity contribution < 1.29 is 18.7 Å². The minimum absolute atomic E-state index is 0.0767. The molecule has 0 aliphatic rings. The fourth-order valence-electron chi connectivity index (χ4n) is 2.96. The van der Waals surface area contributed by atoms with Gasteiger partial charge in [-0.3, -0.25) is 9.36 Å². The molecule has 0 aliphatic carbocycles. The quantitative estimate of drug-likeness (QED) is 0.610. The normalized spacial score (nSPS) is 10.9. The highest BCUT2D eigenvalue weighted by Crippen LogP contribution is 2.32. The third-order valence-electron chi connectivity index (χ3n) is 4.19. The number of ether oxygens (including phenoxy) is 1. The topological polar surface area (TPSA) is 48.3 Å². The maximum absolute atomic E-state index is 14.2. The molecule has 0 radical (unpaired) electrons. The summed E-state index contributed by atoms with van der Waals surface area (Å²) in [6, 6.07) is 9.72. The first-order valence-corrected chi connectivity index (χ1v) is 8.38. The Balaban J connectivity index is 2.28. The molecule has 0 saturated carbocycles. The number of nitrogens with zero attached hydrogens (tertiary/aromatic N) is 1. The molecule has 0 N–H and O–H groups in total. The van der Waals surface area contributed by atoms with Gasteiger partial charge in [0, 0.05) is 33.6 Å². The van der Waals surface area contributed by atoms with Crippen molar-refractivity contribution in [1.29, 1.82) is 0 Å². The lowest BCUT2D eigenvalue weighted by molar-refractivity contribution is -0.107. The summed E-state index contributed by atoms with van der Waals surface area (Å²) >= 11 is 3.33. The molecule has 0 saturated heterocycles. The number of carbonyl (C=O) groups is 2. The van der Waals surface area contributed by atoms with Crippen LogP contribution in [0, 0.1) is 12.7 Å². The van der Waals surface area contributed by atoms with E-state index in [0.29, 0.717) is 27.7 Å². The average molecular weight is 404 g/mol. The van der Waals surface area contributed by atoms with Crippen molar-refractivity contribution in [2.75, 3.05) is 7.11 Å². The van der Waals surface area contributed by atoms with Crippen molar-refractivity contribution in [1.82, 2.24) is 4.57 Å². The minimum atomic E-state index is -0.560. The molecular formula is C19H15BrFNO3. The van der Waals surface area contributed by atoms with Crippen LogP contribution in [0.5, 0.6) is 5.75 Å². The van der Waals surface area contributed by atoms with E-state index in [9.17, 15) is 14.0 Å². The Morgan fingerprint density at radius 2 is 1.96 bits per heavy atom. The van der Waals surface area contributed by atoms with E-state index in [0.717, 1.165) is 10.8 Å². The third-order valence-corrected chi connectivity index (χ3v) is 4.72. The summed E-state index contributed by atoms with van der Waals surface area (Å²) in [5.74, 6) is -0.764. The highest BCUT2D eigenvalue weighted by atomic mass is 79.9. The molecular weight excluding hydrogens is 389 g/mol. The lowest BCUT2D eigenvalue weighted by atomic mass is 10.1. The second-order valence-corrected chi connectivity index (χ2v) is 6.50. The second kappa shape index (κ2) is 6.80. The molecule has 4 nitrogen and oxygen atoms in total. The predicted molar refractivity (Wildman–Crippen MR) is 96.8 cm³/mol. The number of hydrogen-bond donors (Lipinski definition) is 0. The number of halogens is 2. The van der Waals surface area contributed by atoms with Gasteiger partial charge in [-0.1, -0.05) is 15.9 Å². The van der Waals surface area contributed by atoms with Gasteiger partial charge in [0.15, 0.2) is 11.6 Å². The Morgan fingerprint density at radius 1 is 1.28 bits per heavy atom. The summed E-state index contributed by atoms with van der Waals surface area (Å²) in [4.78, 5) is 24.1. The van der Waals surface area contributed by atoms with Gasteiger partial charge in [-0.25, -0.2) is 4.39 Å². The number of rotatable bonds is 4. The summed E-state index contributed by atoms with van der Waals surface area (Å²) in [6.07, 6.45) is 0.907. The zero-order valence-corrected chi connectivity index (χ0v) is 15.3. The van der Waals surface area contributed by atoms with E-state index in [1.54, 1.807) is 31.2 Å². The summed E-state index contributed by atoms with van der Waals surface area (Å²) < 4.78 is 21.6. The molecule has 2 aromatic carbocycles. The minimum Gasteiger partial charge on any atom is -0.494 e. The molecule has 0 fully saturated rings. The van der Waals surface area contributed by atoms with Crippen LogP contribution in [0.4, 0.5) is 4.39 Å². The van der Waals surface area contributed by atoms with Gasteiger partial charge in [0.05, 0.1) is 12.6 Å². The van der Waals surface area contributed by atoms with Gasteiger partial charge >= 0.3 is 0 Å². The largest absolute Gasteiger partial charge is 0.494 e. The molecule has 0 unspecified atom stereocenters. The highest BCUT2D eigenvalue weighted by molar-refractivity contribution is 9.10. The van der Waals surface area contributed by atoms with Crippen LogP contribution in [0.1, 0.15) is 21.6 Å². The average Bonchev–Trinajstić information content (AvgIpc) is 2.86. The van der Waals surface area contributed by atoms with Crippen LogP contribution < -0.4 is 4.74 Å². The first-order chi connectivity index (χ1) is 12.0. The third kappa shape index (κ3) is 2.98. The van der Waals surface area contributed by atoms with Gasteiger partial charge in [0.1, 0.15) is 6.29 Å². The van der Waals surface area contributed by atoms with Crippen LogP contribution in [0.3, 0.4) is 0 Å². The molecule has 6 heteroatoms. The highest BCUT2D eigenvalue weighted by Gasteiger charge is 2.21. The van der Waals surface area contributed by atoms with Gasteiger partial charge in [0.25, 0.3) is 5.91 Å². The lowest BCUT2D eigenvalue weighted by Gasteiger charge is -2.08. The van der Waals surface area contributed by atoms with Crippen molar-refractivity contribution in [3.05, 3.63) is 63.5 Å². The van der Waals surface area contributed by atoms with Gasteiger partial charge < -0.3 is 9.53 Å². The predicted octanol–water partition coefficient (Wildman–Crippen LogP) is 4.29. The fraction of sp³-hybridized carbons (Fsp3) is 0.158. The fourth-order valence-corrected chi connectivity index (χ4v) is 3.23. The number of fused-ring (bicyclic) bond motifs is 1. The van der Waals surface area contributed by atoms with Gasteiger partial charge in [-0.05, 0) is 42.8 Å². The van der Waals surface area contributed by atoms with E-state index < -0.39 is 5.82 Å². The van der Waals surface area contributed by atoms with E-state index in [-0.39, 0.29) is 18.1 Å². The van der Waals surface area contributed by atoms with Crippen LogP contribution in [-0.2, 0) is 11.2 Å². The standard InChI is InChI=1S/C19H15BrFNO3/c1-11-14(7-8-23)15-9-18(25-2)16(21)10-17(15)22(11)19(24)12-3-5-13(20)6-4-12/h3-6,8-10H,7H2,1-2H3. The van der Waals surface area contributed by atoms with Crippen molar-refractivity contribution in [2.24, 2.45) is 0 Å². The van der Waals surface area contributed by atoms with Crippen LogP contribution in [0.2, 0.25) is 0 Å². The lowest BCUT2D eigenvalue weighted by Crippen LogP contribution is -2.13. The number of carbonyl (C=O) groups excluding carboxylic acids is 2. The maximum atomic E-state index is 14.2. The molecule has 25 heavy (non-hydrogen) atoms. The number of aromatic nitrogens is 1. The molecule has 1 heterocycles. The van der Waals surface area contributed by atoms with Crippen molar-refractivity contribution in [3.8, 4) is 5.75 Å². The first-order valence-electron chi connectivity index (χ1n) is 7.59. The van der Waals surface area contributed by atoms with E-state index in [1.807, 2.05) is 0 Å². The molecule has 0 aliphatic heterocycles. The van der Waals surface area contributed by atoms with Gasteiger partial charge in [0.2, 0.25) is 0 Å². The van der Waals surface area contributed by atoms with Gasteiger partial charge in [-0.2, -0.15) is 0 Å². The Bertz CT molecular complexity index is 977. The maximum Gasteiger partial charge on any atom is 0.262 e. The molecule has 3 rings (SSSR count). The summed E-state index contributed by atoms with van der Waals surface area (Å²) in [6.45, 7) is 1.75. The van der Waals surface area contributed by atoms with Crippen molar-refractivity contribution in [2.45, 2.75) is 13.3 Å². The molecule has 128 valence electrons. The Labute approximate surface area is 152 Å². The van der Waals surface area contributed by atoms with Crippen LogP contribution in [0.25, 0.3) is 10.9 Å². The molecule has 3 aromatic rings. The van der Waals surface area contributed by atoms with Crippen LogP contribution in [0.15, 0.2) is 40.9 Å². The SMILES string of the molecule is COc1cc2c(CC=O)c(C)n(C(=O)c3ccc(Br)cc3)c2cc1F. The summed E-state index contributed by atoms with van der Waals surface area (Å²) in [5, 5.41) is 0.633. The van der Waals surface area contributed by atoms with E-state index >= 15 is 0 Å². The summed E-state index contributed by atoms with van der Waals surface area (Å²) in [5.41, 5.74) is 2.19. The zero-order chi connectivity index (χ0) is 18.1. The molecule has 0 bridgehead atoms. The number of hydrogen-bond acceptors (Lipinski definition) is 3. The van der Waals surface area contributed by atoms with E-state index in [2.05, 4.69) is 15.9 Å². The molecule has 1 aromatic heterocycles. The zero-order valence-electron chi connectivity index (χ0n) is 13.7. The smallest absolute Gasteiger partial charge is 0.262 e. The molecule has 0 amide bonds. The molecule has 0 atom stereocenters. The van der Waals surface area contributed by atoms with E-state index in [1.165, 1.54) is 23.8 Å². The van der Waals surface area contributed by atoms with Crippen molar-refractivity contribution in [3.63, 3.8) is 0 Å². The van der Waals surface area contributed by atoms with E-state index in [4.69, 9.17) is 4.74 Å². The Morgan fingerprint density at radius 3 is 2.56 bits per heavy atom. The van der Waals surface area contributed by atoms with Gasteiger partial charge in [-0.15, -0.1) is 0 Å². The summed E-state index contributed by atoms with van der Waals surface area (Å²) in [7, 11) is 1.38. The number of benzene rings is 2. The monoisotopic (exact) mass is 403 g/mol. The number of methoxy groups -OCH3 is 1. The molecule has 0 spiro atoms. The number of aldehydes is 1. The Hall–Kier alpha value is -2.47. The first kappa shape index (κ1) is 17.4. The second-order valence-electron chi connectivity index (χ2n) is 5.59. The van der Waals surface area contributed by atoms with Crippen molar-refractivity contribution >= 4 is 39.0 Å². The Kier molecular flexibility index (Phi) is 4.72.